The standard InChI is InChI=1S/C12H25BrN2/c1-10(2)12(7-13)9-15-6-5-14(4)8-11(15)3/h10-12H,5-9H2,1-4H3. The summed E-state index contributed by atoms with van der Waals surface area (Å²) in [6, 6.07) is 0.712. The lowest BCUT2D eigenvalue weighted by Crippen LogP contribution is -2.52. The Kier molecular flexibility index (Phi) is 5.58. The van der Waals surface area contributed by atoms with E-state index in [1.165, 1.54) is 26.2 Å². The highest BCUT2D eigenvalue weighted by Gasteiger charge is 2.24. The summed E-state index contributed by atoms with van der Waals surface area (Å²) in [5.74, 6) is 1.56. The van der Waals surface area contributed by atoms with Gasteiger partial charge in [-0.05, 0) is 25.8 Å². The van der Waals surface area contributed by atoms with Gasteiger partial charge in [0.1, 0.15) is 0 Å². The molecule has 2 nitrogen and oxygen atoms in total. The Labute approximate surface area is 103 Å². The van der Waals surface area contributed by atoms with Crippen molar-refractivity contribution in [3.05, 3.63) is 0 Å². The topological polar surface area (TPSA) is 6.48 Å². The van der Waals surface area contributed by atoms with E-state index in [2.05, 4.69) is 53.5 Å². The molecule has 0 aromatic rings. The molecule has 1 aliphatic rings. The Balaban J connectivity index is 2.43. The summed E-state index contributed by atoms with van der Waals surface area (Å²) in [5.41, 5.74) is 0. The average Bonchev–Trinajstić information content (AvgIpc) is 2.16. The van der Waals surface area contributed by atoms with Gasteiger partial charge in [-0.1, -0.05) is 29.8 Å². The highest BCUT2D eigenvalue weighted by atomic mass is 79.9. The van der Waals surface area contributed by atoms with E-state index in [0.717, 1.165) is 17.2 Å². The monoisotopic (exact) mass is 276 g/mol. The van der Waals surface area contributed by atoms with Crippen molar-refractivity contribution in [2.45, 2.75) is 26.8 Å². The second-order valence-corrected chi connectivity index (χ2v) is 5.91. The van der Waals surface area contributed by atoms with Crippen molar-refractivity contribution in [3.8, 4) is 0 Å². The molecule has 0 radical (unpaired) electrons. The van der Waals surface area contributed by atoms with E-state index in [0.29, 0.717) is 6.04 Å². The highest BCUT2D eigenvalue weighted by molar-refractivity contribution is 9.09. The van der Waals surface area contributed by atoms with E-state index in [4.69, 9.17) is 0 Å². The van der Waals surface area contributed by atoms with Gasteiger partial charge >= 0.3 is 0 Å². The van der Waals surface area contributed by atoms with Crippen LogP contribution in [0, 0.1) is 11.8 Å². The number of rotatable bonds is 4. The van der Waals surface area contributed by atoms with Crippen LogP contribution in [0.5, 0.6) is 0 Å². The molecule has 1 heterocycles. The Hall–Kier alpha value is 0.400. The molecule has 0 aromatic heterocycles. The molecule has 1 rings (SSSR count). The Morgan fingerprint density at radius 1 is 1.33 bits per heavy atom. The summed E-state index contributed by atoms with van der Waals surface area (Å²) >= 11 is 3.64. The first-order valence-corrected chi connectivity index (χ1v) is 7.15. The molecule has 0 N–H and O–H groups in total. The molecular weight excluding hydrogens is 252 g/mol. The predicted octanol–water partition coefficient (Wildman–Crippen LogP) is 2.29. The molecule has 0 bridgehead atoms. The van der Waals surface area contributed by atoms with Crippen molar-refractivity contribution < 1.29 is 0 Å². The molecule has 0 amide bonds. The van der Waals surface area contributed by atoms with E-state index < -0.39 is 0 Å². The number of likely N-dealkylation sites (N-methyl/N-ethyl adjacent to an activating group) is 1. The molecule has 0 spiro atoms. The van der Waals surface area contributed by atoms with Gasteiger partial charge < -0.3 is 4.90 Å². The fraction of sp³-hybridized carbons (Fsp3) is 1.00. The molecule has 2 unspecified atom stereocenters. The third kappa shape index (κ3) is 4.04. The van der Waals surface area contributed by atoms with Crippen molar-refractivity contribution in [1.82, 2.24) is 9.80 Å². The van der Waals surface area contributed by atoms with Crippen molar-refractivity contribution in [1.29, 1.82) is 0 Å². The first kappa shape index (κ1) is 13.5. The molecular formula is C12H25BrN2. The third-order valence-corrected chi connectivity index (χ3v) is 4.41. The lowest BCUT2D eigenvalue weighted by Gasteiger charge is -2.40. The summed E-state index contributed by atoms with van der Waals surface area (Å²) in [6.07, 6.45) is 0. The van der Waals surface area contributed by atoms with Gasteiger partial charge in [-0.25, -0.2) is 0 Å². The van der Waals surface area contributed by atoms with Gasteiger partial charge in [-0.2, -0.15) is 0 Å². The lowest BCUT2D eigenvalue weighted by molar-refractivity contribution is 0.0812. The maximum absolute atomic E-state index is 3.64. The van der Waals surface area contributed by atoms with Gasteiger partial charge in [-0.3, -0.25) is 4.90 Å². The predicted molar refractivity (Wildman–Crippen MR) is 70.7 cm³/mol. The normalized spacial score (nSPS) is 27.2. The largest absolute Gasteiger partial charge is 0.304 e. The van der Waals surface area contributed by atoms with E-state index >= 15 is 0 Å². The second kappa shape index (κ2) is 6.21. The maximum atomic E-state index is 3.64. The Bertz CT molecular complexity index is 184. The molecule has 0 saturated carbocycles. The number of alkyl halides is 1. The van der Waals surface area contributed by atoms with Crippen LogP contribution in [0.2, 0.25) is 0 Å². The Morgan fingerprint density at radius 2 is 2.00 bits per heavy atom. The van der Waals surface area contributed by atoms with E-state index in [9.17, 15) is 0 Å². The van der Waals surface area contributed by atoms with Gasteiger partial charge in [0.05, 0.1) is 0 Å². The van der Waals surface area contributed by atoms with Gasteiger partial charge in [0, 0.05) is 37.6 Å². The molecule has 1 fully saturated rings. The summed E-state index contributed by atoms with van der Waals surface area (Å²) < 4.78 is 0. The number of hydrogen-bond acceptors (Lipinski definition) is 2. The van der Waals surface area contributed by atoms with Gasteiger partial charge in [-0.15, -0.1) is 0 Å². The van der Waals surface area contributed by atoms with Crippen molar-refractivity contribution in [3.63, 3.8) is 0 Å². The first-order valence-electron chi connectivity index (χ1n) is 6.03. The highest BCUT2D eigenvalue weighted by Crippen LogP contribution is 2.18. The van der Waals surface area contributed by atoms with Gasteiger partial charge in [0.15, 0.2) is 0 Å². The van der Waals surface area contributed by atoms with Crippen LogP contribution in [0.25, 0.3) is 0 Å². The summed E-state index contributed by atoms with van der Waals surface area (Å²) in [6.45, 7) is 11.9. The zero-order valence-electron chi connectivity index (χ0n) is 10.5. The summed E-state index contributed by atoms with van der Waals surface area (Å²) in [7, 11) is 2.22. The number of nitrogens with zero attached hydrogens (tertiary/aromatic N) is 2. The van der Waals surface area contributed by atoms with Crippen LogP contribution in [-0.2, 0) is 0 Å². The number of halogens is 1. The average molecular weight is 277 g/mol. The fourth-order valence-corrected chi connectivity index (χ4v) is 3.14. The van der Waals surface area contributed by atoms with Crippen molar-refractivity contribution in [2.75, 3.05) is 38.6 Å². The fourth-order valence-electron chi connectivity index (χ4n) is 2.19. The van der Waals surface area contributed by atoms with Crippen LogP contribution in [-0.4, -0.2) is 54.4 Å². The summed E-state index contributed by atoms with van der Waals surface area (Å²) in [5, 5.41) is 1.13. The molecule has 90 valence electrons. The van der Waals surface area contributed by atoms with Crippen molar-refractivity contribution >= 4 is 15.9 Å². The minimum absolute atomic E-state index is 0.712. The van der Waals surface area contributed by atoms with Gasteiger partial charge in [0.2, 0.25) is 0 Å². The zero-order chi connectivity index (χ0) is 11.4. The van der Waals surface area contributed by atoms with Crippen LogP contribution >= 0.6 is 15.9 Å². The van der Waals surface area contributed by atoms with E-state index in [1.807, 2.05) is 0 Å². The van der Waals surface area contributed by atoms with Crippen LogP contribution in [0.3, 0.4) is 0 Å². The van der Waals surface area contributed by atoms with Crippen LogP contribution < -0.4 is 0 Å². The quantitative estimate of drug-likeness (QED) is 0.727. The smallest absolute Gasteiger partial charge is 0.0195 e. The SMILES string of the molecule is CC(C)C(CBr)CN1CCN(C)CC1C. The minimum atomic E-state index is 0.712. The molecule has 1 aliphatic heterocycles. The van der Waals surface area contributed by atoms with Crippen LogP contribution in [0.1, 0.15) is 20.8 Å². The molecule has 0 aromatic carbocycles. The van der Waals surface area contributed by atoms with Crippen LogP contribution in [0.4, 0.5) is 0 Å². The zero-order valence-corrected chi connectivity index (χ0v) is 12.1. The second-order valence-electron chi connectivity index (χ2n) is 5.26. The molecule has 15 heavy (non-hydrogen) atoms. The molecule has 0 aliphatic carbocycles. The van der Waals surface area contributed by atoms with E-state index in [1.54, 1.807) is 0 Å². The minimum Gasteiger partial charge on any atom is -0.304 e. The molecule has 2 atom stereocenters. The Morgan fingerprint density at radius 3 is 2.47 bits per heavy atom. The number of piperazine rings is 1. The van der Waals surface area contributed by atoms with Crippen LogP contribution in [0.15, 0.2) is 0 Å². The lowest BCUT2D eigenvalue weighted by atomic mass is 9.96. The molecule has 3 heteroatoms. The molecule has 1 saturated heterocycles. The number of hydrogen-bond donors (Lipinski definition) is 0. The van der Waals surface area contributed by atoms with Crippen molar-refractivity contribution in [2.24, 2.45) is 11.8 Å². The maximum Gasteiger partial charge on any atom is 0.0195 e. The third-order valence-electron chi connectivity index (χ3n) is 3.58. The van der Waals surface area contributed by atoms with E-state index in [-0.39, 0.29) is 0 Å². The van der Waals surface area contributed by atoms with Gasteiger partial charge in [0.25, 0.3) is 0 Å². The summed E-state index contributed by atoms with van der Waals surface area (Å²) in [4.78, 5) is 5.08. The first-order chi connectivity index (χ1) is 7.04.